The fourth-order valence-electron chi connectivity index (χ4n) is 4.55. The summed E-state index contributed by atoms with van der Waals surface area (Å²) in [6.07, 6.45) is 1.57. The van der Waals surface area contributed by atoms with Crippen molar-refractivity contribution in [2.24, 2.45) is 0 Å². The third kappa shape index (κ3) is 7.29. The van der Waals surface area contributed by atoms with Crippen LogP contribution in [0, 0.1) is 0 Å². The van der Waals surface area contributed by atoms with Crippen LogP contribution >= 0.6 is 0 Å². The highest BCUT2D eigenvalue weighted by atomic mass is 32.2. The quantitative estimate of drug-likeness (QED) is 0.174. The normalized spacial score (nSPS) is 12.2. The van der Waals surface area contributed by atoms with Crippen molar-refractivity contribution in [2.75, 3.05) is 24.2 Å². The molecular formula is C31H37N5O5S. The number of sulfonamides is 1. The van der Waals surface area contributed by atoms with Crippen molar-refractivity contribution in [1.29, 1.82) is 0 Å². The Hall–Kier alpha value is -4.35. The van der Waals surface area contributed by atoms with E-state index in [0.717, 1.165) is 10.8 Å². The second kappa shape index (κ2) is 13.5. The molecule has 0 fully saturated rings. The summed E-state index contributed by atoms with van der Waals surface area (Å²) in [5.41, 5.74) is 7.81. The Bertz CT molecular complexity index is 1660. The molecule has 42 heavy (non-hydrogen) atoms. The van der Waals surface area contributed by atoms with E-state index in [1.54, 1.807) is 43.5 Å². The molecule has 1 unspecified atom stereocenters. The van der Waals surface area contributed by atoms with E-state index in [0.29, 0.717) is 40.7 Å². The predicted octanol–water partition coefficient (Wildman–Crippen LogP) is 4.77. The number of fused-ring (bicyclic) bond motifs is 1. The number of nitrogen functional groups attached to an aromatic ring is 1. The fourth-order valence-corrected chi connectivity index (χ4v) is 5.82. The molecule has 0 saturated heterocycles. The second-order valence-corrected chi connectivity index (χ2v) is 11.6. The summed E-state index contributed by atoms with van der Waals surface area (Å²) >= 11 is 0. The van der Waals surface area contributed by atoms with Gasteiger partial charge in [-0.25, -0.2) is 18.1 Å². The molecule has 5 N–H and O–H groups in total. The summed E-state index contributed by atoms with van der Waals surface area (Å²) in [5, 5.41) is 7.93. The predicted molar refractivity (Wildman–Crippen MR) is 165 cm³/mol. The molecule has 0 bridgehead atoms. The molecule has 11 heteroatoms. The Labute approximate surface area is 246 Å². The second-order valence-electron chi connectivity index (χ2n) is 9.84. The molecule has 1 amide bonds. The lowest BCUT2D eigenvalue weighted by atomic mass is 10.0. The first-order chi connectivity index (χ1) is 20.1. The molecule has 4 aromatic rings. The van der Waals surface area contributed by atoms with Crippen molar-refractivity contribution in [3.63, 3.8) is 0 Å². The van der Waals surface area contributed by atoms with Crippen molar-refractivity contribution in [2.45, 2.75) is 51.3 Å². The summed E-state index contributed by atoms with van der Waals surface area (Å²) in [6.45, 7) is 8.12. The Morgan fingerprint density at radius 1 is 1.00 bits per heavy atom. The van der Waals surface area contributed by atoms with E-state index in [4.69, 9.17) is 15.2 Å². The van der Waals surface area contributed by atoms with Crippen LogP contribution in [0.5, 0.6) is 11.5 Å². The minimum Gasteiger partial charge on any atom is -0.490 e. The number of carbonyl (C=O) groups is 1. The molecule has 0 aliphatic heterocycles. The van der Waals surface area contributed by atoms with Crippen LogP contribution in [0.1, 0.15) is 44.9 Å². The minimum atomic E-state index is -3.72. The molecule has 1 heterocycles. The lowest BCUT2D eigenvalue weighted by molar-refractivity contribution is -0.122. The van der Waals surface area contributed by atoms with E-state index in [2.05, 4.69) is 20.3 Å². The van der Waals surface area contributed by atoms with Gasteiger partial charge in [0, 0.05) is 30.4 Å². The van der Waals surface area contributed by atoms with E-state index in [1.165, 1.54) is 6.07 Å². The highest BCUT2D eigenvalue weighted by Crippen LogP contribution is 2.33. The molecule has 10 nitrogen and oxygen atoms in total. The van der Waals surface area contributed by atoms with Crippen molar-refractivity contribution in [3.05, 3.63) is 84.1 Å². The highest BCUT2D eigenvalue weighted by molar-refractivity contribution is 7.89. The maximum atomic E-state index is 13.8. The van der Waals surface area contributed by atoms with Crippen LogP contribution in [0.4, 0.5) is 11.5 Å². The van der Waals surface area contributed by atoms with Crippen molar-refractivity contribution in [3.8, 4) is 11.5 Å². The molecule has 1 atom stereocenters. The molecule has 0 aliphatic carbocycles. The number of hydrogen-bond donors (Lipinski definition) is 4. The summed E-state index contributed by atoms with van der Waals surface area (Å²) in [5.74, 6) is 1.15. The van der Waals surface area contributed by atoms with Gasteiger partial charge in [-0.3, -0.25) is 4.79 Å². The number of nitrogens with zero attached hydrogens (tertiary/aromatic N) is 1. The summed E-state index contributed by atoms with van der Waals surface area (Å²) in [7, 11) is -3.72. The molecule has 0 saturated carbocycles. The Kier molecular flexibility index (Phi) is 9.87. The monoisotopic (exact) mass is 591 g/mol. The number of hydrogen-bond acceptors (Lipinski definition) is 8. The van der Waals surface area contributed by atoms with Crippen LogP contribution in [0.2, 0.25) is 0 Å². The van der Waals surface area contributed by atoms with E-state index < -0.39 is 16.1 Å². The highest BCUT2D eigenvalue weighted by Gasteiger charge is 2.24. The van der Waals surface area contributed by atoms with Crippen LogP contribution < -0.4 is 30.6 Å². The number of amides is 1. The summed E-state index contributed by atoms with van der Waals surface area (Å²) in [4.78, 5) is 18.1. The molecule has 3 aromatic carbocycles. The maximum absolute atomic E-state index is 13.8. The van der Waals surface area contributed by atoms with E-state index in [1.807, 2.05) is 51.1 Å². The Balaban J connectivity index is 1.69. The average Bonchev–Trinajstić information content (AvgIpc) is 2.96. The minimum absolute atomic E-state index is 0.00456. The first-order valence-electron chi connectivity index (χ1n) is 13.8. The number of carbonyl (C=O) groups excluding carboxylic acids is 1. The molecule has 0 spiro atoms. The standard InChI is InChI=1S/C31H37N5O5S/c1-5-35-42(38,39)28-10-8-7-9-23(28)19-34-31(37)29(22-11-14-26(41-20(3)4)27(18-22)40-6-2)36-24-12-13-25-21(17-24)15-16-33-30(25)32/h7-18,20,29,35-36H,5-6,19H2,1-4H3,(H2,32,33)(H,34,37). The third-order valence-electron chi connectivity index (χ3n) is 6.38. The van der Waals surface area contributed by atoms with Gasteiger partial charge in [0.15, 0.2) is 11.5 Å². The zero-order chi connectivity index (χ0) is 30.3. The van der Waals surface area contributed by atoms with Crippen LogP contribution in [-0.2, 0) is 21.4 Å². The molecule has 4 rings (SSSR count). The summed E-state index contributed by atoms with van der Waals surface area (Å²) in [6, 6.07) is 18.5. The zero-order valence-corrected chi connectivity index (χ0v) is 25.0. The van der Waals surface area contributed by atoms with Crippen molar-refractivity contribution in [1.82, 2.24) is 15.0 Å². The number of rotatable bonds is 13. The Morgan fingerprint density at radius 3 is 2.52 bits per heavy atom. The molecule has 0 aliphatic rings. The topological polar surface area (TPSA) is 145 Å². The SMILES string of the molecule is CCNS(=O)(=O)c1ccccc1CNC(=O)C(Nc1ccc2c(N)nccc2c1)c1ccc(OC(C)C)c(OCC)c1. The number of ether oxygens (including phenoxy) is 2. The Morgan fingerprint density at radius 2 is 1.79 bits per heavy atom. The van der Waals surface area contributed by atoms with E-state index in [-0.39, 0.29) is 30.0 Å². The van der Waals surface area contributed by atoms with E-state index >= 15 is 0 Å². The number of pyridine rings is 1. The first-order valence-corrected chi connectivity index (χ1v) is 15.3. The first kappa shape index (κ1) is 30.6. The third-order valence-corrected chi connectivity index (χ3v) is 8.03. The van der Waals surface area contributed by atoms with Gasteiger partial charge in [-0.1, -0.05) is 31.2 Å². The zero-order valence-electron chi connectivity index (χ0n) is 24.2. The number of anilines is 2. The van der Waals surface area contributed by atoms with Crippen LogP contribution in [0.15, 0.2) is 77.8 Å². The maximum Gasteiger partial charge on any atom is 0.247 e. The smallest absolute Gasteiger partial charge is 0.247 e. The van der Waals surface area contributed by atoms with Crippen molar-refractivity contribution >= 4 is 38.2 Å². The van der Waals surface area contributed by atoms with Gasteiger partial charge in [0.05, 0.1) is 17.6 Å². The van der Waals surface area contributed by atoms with Gasteiger partial charge >= 0.3 is 0 Å². The van der Waals surface area contributed by atoms with Gasteiger partial charge in [0.2, 0.25) is 15.9 Å². The molecule has 222 valence electrons. The molecule has 0 radical (unpaired) electrons. The lowest BCUT2D eigenvalue weighted by Gasteiger charge is -2.23. The number of aromatic nitrogens is 1. The van der Waals surface area contributed by atoms with Gasteiger partial charge < -0.3 is 25.8 Å². The van der Waals surface area contributed by atoms with Gasteiger partial charge in [-0.2, -0.15) is 0 Å². The molecular weight excluding hydrogens is 554 g/mol. The number of nitrogens with two attached hydrogens (primary N) is 1. The van der Waals surface area contributed by atoms with E-state index in [9.17, 15) is 13.2 Å². The number of benzene rings is 3. The van der Waals surface area contributed by atoms with Crippen LogP contribution in [0.3, 0.4) is 0 Å². The van der Waals surface area contributed by atoms with Gasteiger partial charge in [-0.05, 0) is 79.7 Å². The van der Waals surface area contributed by atoms with Gasteiger partial charge in [0.1, 0.15) is 11.9 Å². The van der Waals surface area contributed by atoms with Crippen molar-refractivity contribution < 1.29 is 22.7 Å². The van der Waals surface area contributed by atoms with Crippen LogP contribution in [0.25, 0.3) is 10.8 Å². The molecule has 1 aromatic heterocycles. The summed E-state index contributed by atoms with van der Waals surface area (Å²) < 4.78 is 39.8. The fraction of sp³-hybridized carbons (Fsp3) is 0.290. The number of nitrogens with one attached hydrogen (secondary N) is 3. The largest absolute Gasteiger partial charge is 0.490 e. The lowest BCUT2D eigenvalue weighted by Crippen LogP contribution is -2.34. The van der Waals surface area contributed by atoms with Gasteiger partial charge in [-0.15, -0.1) is 0 Å². The van der Waals surface area contributed by atoms with Gasteiger partial charge in [0.25, 0.3) is 0 Å². The average molecular weight is 592 g/mol. The van der Waals surface area contributed by atoms with Crippen LogP contribution in [-0.4, -0.2) is 38.6 Å².